The van der Waals surface area contributed by atoms with Gasteiger partial charge in [-0.05, 0) is 88.5 Å². The average Bonchev–Trinajstić information content (AvgIpc) is 2.65. The molecular formula is C22H34N2. The Hall–Kier alpha value is -0.860. The van der Waals surface area contributed by atoms with Gasteiger partial charge in [-0.3, -0.25) is 0 Å². The summed E-state index contributed by atoms with van der Waals surface area (Å²) in [5.74, 6) is 1.85. The van der Waals surface area contributed by atoms with Crippen LogP contribution in [0.25, 0.3) is 0 Å². The molecule has 1 aromatic rings. The molecule has 3 aliphatic heterocycles. The maximum absolute atomic E-state index is 2.82. The van der Waals surface area contributed by atoms with Crippen LogP contribution in [0.15, 0.2) is 30.3 Å². The smallest absolute Gasteiger partial charge is 0.0136 e. The normalized spacial score (nSPS) is 30.2. The molecule has 0 saturated carbocycles. The first-order chi connectivity index (χ1) is 11.9. The zero-order valence-corrected chi connectivity index (χ0v) is 15.2. The summed E-state index contributed by atoms with van der Waals surface area (Å²) in [4.78, 5) is 5.62. The van der Waals surface area contributed by atoms with Gasteiger partial charge in [0.25, 0.3) is 0 Å². The first kappa shape index (κ1) is 16.6. The fourth-order valence-electron chi connectivity index (χ4n) is 5.44. The van der Waals surface area contributed by atoms with Crippen LogP contribution in [0.4, 0.5) is 0 Å². The molecule has 24 heavy (non-hydrogen) atoms. The molecule has 0 aliphatic carbocycles. The fraction of sp³-hybridized carbons (Fsp3) is 0.727. The predicted octanol–water partition coefficient (Wildman–Crippen LogP) is 4.21. The Kier molecular flexibility index (Phi) is 5.54. The van der Waals surface area contributed by atoms with Crippen LogP contribution in [0.5, 0.6) is 0 Å². The Labute approximate surface area is 148 Å². The lowest BCUT2D eigenvalue weighted by atomic mass is 9.82. The summed E-state index contributed by atoms with van der Waals surface area (Å²) < 4.78 is 0. The summed E-state index contributed by atoms with van der Waals surface area (Å²) >= 11 is 0. The van der Waals surface area contributed by atoms with Crippen molar-refractivity contribution >= 4 is 0 Å². The third-order valence-corrected chi connectivity index (χ3v) is 6.80. The minimum Gasteiger partial charge on any atom is -0.303 e. The highest BCUT2D eigenvalue weighted by atomic mass is 15.2. The molecule has 2 nitrogen and oxygen atoms in total. The van der Waals surface area contributed by atoms with Gasteiger partial charge in [0, 0.05) is 12.6 Å². The molecular weight excluding hydrogens is 292 g/mol. The SMILES string of the molecule is c1ccc(CC2CCN(C[C@@H]3CCCN4CCCC[C@H]34)CC2)cc1. The van der Waals surface area contributed by atoms with Gasteiger partial charge in [0.05, 0.1) is 0 Å². The van der Waals surface area contributed by atoms with Crippen LogP contribution < -0.4 is 0 Å². The molecule has 3 fully saturated rings. The highest BCUT2D eigenvalue weighted by Gasteiger charge is 2.34. The van der Waals surface area contributed by atoms with Gasteiger partial charge >= 0.3 is 0 Å². The molecule has 0 unspecified atom stereocenters. The van der Waals surface area contributed by atoms with E-state index in [-0.39, 0.29) is 0 Å². The molecule has 0 aromatic heterocycles. The molecule has 0 amide bonds. The summed E-state index contributed by atoms with van der Waals surface area (Å²) in [5.41, 5.74) is 1.53. The van der Waals surface area contributed by atoms with Crippen LogP contribution >= 0.6 is 0 Å². The standard InChI is InChI=1S/C22H34N2/c1-2-7-19(8-3-1)17-20-11-15-23(16-12-20)18-21-9-6-14-24-13-5-4-10-22(21)24/h1-3,7-8,20-22H,4-6,9-18H2/t21-,22+/m0/s1. The van der Waals surface area contributed by atoms with E-state index >= 15 is 0 Å². The van der Waals surface area contributed by atoms with E-state index in [1.54, 1.807) is 0 Å². The second-order valence-corrected chi connectivity index (χ2v) is 8.44. The highest BCUT2D eigenvalue weighted by Crippen LogP contribution is 2.32. The van der Waals surface area contributed by atoms with Crippen molar-refractivity contribution in [3.63, 3.8) is 0 Å². The lowest BCUT2D eigenvalue weighted by Gasteiger charge is -2.46. The van der Waals surface area contributed by atoms with Crippen LogP contribution in [-0.4, -0.2) is 48.6 Å². The third kappa shape index (κ3) is 4.03. The van der Waals surface area contributed by atoms with Crippen molar-refractivity contribution in [2.24, 2.45) is 11.8 Å². The minimum atomic E-state index is 0.904. The number of fused-ring (bicyclic) bond motifs is 1. The summed E-state index contributed by atoms with van der Waals surface area (Å²) in [6, 6.07) is 12.0. The zero-order chi connectivity index (χ0) is 16.2. The van der Waals surface area contributed by atoms with Gasteiger partial charge < -0.3 is 9.80 Å². The number of likely N-dealkylation sites (tertiary alicyclic amines) is 1. The van der Waals surface area contributed by atoms with E-state index in [4.69, 9.17) is 0 Å². The molecule has 3 aliphatic rings. The van der Waals surface area contributed by atoms with E-state index in [0.717, 1.165) is 17.9 Å². The van der Waals surface area contributed by atoms with Crippen LogP contribution in [0.2, 0.25) is 0 Å². The largest absolute Gasteiger partial charge is 0.303 e. The molecule has 2 heteroatoms. The van der Waals surface area contributed by atoms with Gasteiger partial charge in [0.1, 0.15) is 0 Å². The minimum absolute atomic E-state index is 0.904. The van der Waals surface area contributed by atoms with E-state index in [2.05, 4.69) is 40.1 Å². The van der Waals surface area contributed by atoms with Crippen molar-refractivity contribution in [2.45, 2.75) is 57.4 Å². The van der Waals surface area contributed by atoms with Crippen LogP contribution in [0.3, 0.4) is 0 Å². The van der Waals surface area contributed by atoms with Crippen LogP contribution in [-0.2, 0) is 6.42 Å². The Morgan fingerprint density at radius 1 is 0.792 bits per heavy atom. The van der Waals surface area contributed by atoms with Gasteiger partial charge in [-0.1, -0.05) is 36.8 Å². The molecule has 0 N–H and O–H groups in total. The Morgan fingerprint density at radius 3 is 2.42 bits per heavy atom. The average molecular weight is 327 g/mol. The topological polar surface area (TPSA) is 6.48 Å². The van der Waals surface area contributed by atoms with E-state index < -0.39 is 0 Å². The molecule has 3 heterocycles. The maximum Gasteiger partial charge on any atom is 0.0136 e. The number of benzene rings is 1. The molecule has 1 aromatic carbocycles. The Bertz CT molecular complexity index is 490. The second kappa shape index (κ2) is 8.01. The van der Waals surface area contributed by atoms with Gasteiger partial charge in [0.15, 0.2) is 0 Å². The lowest BCUT2D eigenvalue weighted by molar-refractivity contribution is 0.0337. The van der Waals surface area contributed by atoms with E-state index in [0.29, 0.717) is 0 Å². The lowest BCUT2D eigenvalue weighted by Crippen LogP contribution is -2.51. The summed E-state index contributed by atoms with van der Waals surface area (Å²) in [5, 5.41) is 0. The maximum atomic E-state index is 2.82. The van der Waals surface area contributed by atoms with Gasteiger partial charge in [-0.25, -0.2) is 0 Å². The molecule has 0 spiro atoms. The molecule has 4 rings (SSSR count). The monoisotopic (exact) mass is 326 g/mol. The van der Waals surface area contributed by atoms with Crippen LogP contribution in [0.1, 0.15) is 50.5 Å². The van der Waals surface area contributed by atoms with Crippen molar-refractivity contribution in [3.8, 4) is 0 Å². The van der Waals surface area contributed by atoms with Crippen molar-refractivity contribution in [2.75, 3.05) is 32.7 Å². The Balaban J connectivity index is 1.25. The van der Waals surface area contributed by atoms with E-state index in [9.17, 15) is 0 Å². The fourth-order valence-corrected chi connectivity index (χ4v) is 5.44. The van der Waals surface area contributed by atoms with Crippen molar-refractivity contribution in [3.05, 3.63) is 35.9 Å². The second-order valence-electron chi connectivity index (χ2n) is 8.44. The quantitative estimate of drug-likeness (QED) is 0.818. The molecule has 0 radical (unpaired) electrons. The third-order valence-electron chi connectivity index (χ3n) is 6.80. The van der Waals surface area contributed by atoms with Crippen LogP contribution in [0, 0.1) is 11.8 Å². The van der Waals surface area contributed by atoms with Crippen molar-refractivity contribution < 1.29 is 0 Å². The van der Waals surface area contributed by atoms with E-state index in [1.807, 2.05) is 0 Å². The molecule has 2 atom stereocenters. The van der Waals surface area contributed by atoms with Gasteiger partial charge in [0.2, 0.25) is 0 Å². The number of hydrogen-bond donors (Lipinski definition) is 0. The molecule has 132 valence electrons. The highest BCUT2D eigenvalue weighted by molar-refractivity contribution is 5.15. The first-order valence-corrected chi connectivity index (χ1v) is 10.4. The number of nitrogens with zero attached hydrogens (tertiary/aromatic N) is 2. The van der Waals surface area contributed by atoms with Gasteiger partial charge in [-0.2, -0.15) is 0 Å². The predicted molar refractivity (Wildman–Crippen MR) is 101 cm³/mol. The van der Waals surface area contributed by atoms with Crippen molar-refractivity contribution in [1.82, 2.24) is 9.80 Å². The van der Waals surface area contributed by atoms with Gasteiger partial charge in [-0.15, -0.1) is 0 Å². The van der Waals surface area contributed by atoms with Crippen molar-refractivity contribution in [1.29, 1.82) is 0 Å². The van der Waals surface area contributed by atoms with E-state index in [1.165, 1.54) is 89.7 Å². The summed E-state index contributed by atoms with van der Waals surface area (Å²) in [7, 11) is 0. The number of piperidine rings is 3. The summed E-state index contributed by atoms with van der Waals surface area (Å²) in [6.07, 6.45) is 11.4. The zero-order valence-electron chi connectivity index (χ0n) is 15.2. The first-order valence-electron chi connectivity index (χ1n) is 10.4. The number of hydrogen-bond acceptors (Lipinski definition) is 2. The molecule has 3 saturated heterocycles. The number of rotatable bonds is 4. The molecule has 0 bridgehead atoms. The Morgan fingerprint density at radius 2 is 1.58 bits per heavy atom. The summed E-state index contributed by atoms with van der Waals surface area (Å²) in [6.45, 7) is 6.79.